The summed E-state index contributed by atoms with van der Waals surface area (Å²) in [6.07, 6.45) is 2.00. The highest BCUT2D eigenvalue weighted by Crippen LogP contribution is 2.25. The summed E-state index contributed by atoms with van der Waals surface area (Å²) in [5, 5.41) is 3.36. The maximum absolute atomic E-state index is 13.5. The first kappa shape index (κ1) is 14.1. The molecule has 1 aromatic carbocycles. The highest BCUT2D eigenvalue weighted by atomic mass is 79.9. The van der Waals surface area contributed by atoms with Crippen molar-refractivity contribution in [2.45, 2.75) is 20.4 Å². The summed E-state index contributed by atoms with van der Waals surface area (Å²) in [6.45, 7) is 4.52. The van der Waals surface area contributed by atoms with E-state index in [0.717, 1.165) is 28.3 Å². The number of halogens is 2. The van der Waals surface area contributed by atoms with E-state index < -0.39 is 0 Å². The van der Waals surface area contributed by atoms with Crippen molar-refractivity contribution in [2.75, 3.05) is 5.32 Å². The van der Waals surface area contributed by atoms with Crippen molar-refractivity contribution in [3.05, 3.63) is 63.8 Å². The third-order valence-corrected chi connectivity index (χ3v) is 4.15. The van der Waals surface area contributed by atoms with Gasteiger partial charge in [0.2, 0.25) is 0 Å². The van der Waals surface area contributed by atoms with E-state index in [1.165, 1.54) is 6.07 Å². The van der Waals surface area contributed by atoms with Gasteiger partial charge < -0.3 is 9.72 Å². The quantitative estimate of drug-likeness (QED) is 0.757. The molecular weight excluding hydrogens is 333 g/mol. The van der Waals surface area contributed by atoms with E-state index in [0.29, 0.717) is 11.0 Å². The normalized spacial score (nSPS) is 11.0. The Kier molecular flexibility index (Phi) is 3.68. The van der Waals surface area contributed by atoms with Crippen molar-refractivity contribution in [3.63, 3.8) is 0 Å². The van der Waals surface area contributed by atoms with E-state index in [9.17, 15) is 4.39 Å². The number of hydrogen-bond acceptors (Lipinski definition) is 2. The molecule has 0 bridgehead atoms. The largest absolute Gasteiger partial charge is 0.379 e. The Morgan fingerprint density at radius 2 is 2.10 bits per heavy atom. The second-order valence-corrected chi connectivity index (χ2v) is 5.86. The van der Waals surface area contributed by atoms with Crippen LogP contribution in [0.4, 0.5) is 10.1 Å². The van der Waals surface area contributed by atoms with Gasteiger partial charge in [0, 0.05) is 11.9 Å². The molecule has 3 rings (SSSR count). The number of aromatic nitrogens is 2. The van der Waals surface area contributed by atoms with Gasteiger partial charge in [-0.2, -0.15) is 0 Å². The third-order valence-electron chi connectivity index (χ3n) is 3.54. The summed E-state index contributed by atoms with van der Waals surface area (Å²) in [5.41, 5.74) is 4.82. The Labute approximate surface area is 131 Å². The summed E-state index contributed by atoms with van der Waals surface area (Å²) < 4.78 is 16.0. The van der Waals surface area contributed by atoms with Gasteiger partial charge in [-0.25, -0.2) is 9.37 Å². The SMILES string of the molecule is Cc1cc(F)c(Br)cc1NCc1c(C)nc2ccccn12. The lowest BCUT2D eigenvalue weighted by molar-refractivity contribution is 0.620. The first-order chi connectivity index (χ1) is 10.1. The lowest BCUT2D eigenvalue weighted by Gasteiger charge is -2.11. The zero-order valence-corrected chi connectivity index (χ0v) is 13.4. The van der Waals surface area contributed by atoms with Crippen LogP contribution in [0.25, 0.3) is 5.65 Å². The fraction of sp³-hybridized carbons (Fsp3) is 0.188. The highest BCUT2D eigenvalue weighted by molar-refractivity contribution is 9.10. The molecule has 1 N–H and O–H groups in total. The van der Waals surface area contributed by atoms with Crippen LogP contribution < -0.4 is 5.32 Å². The summed E-state index contributed by atoms with van der Waals surface area (Å²) in [4.78, 5) is 4.53. The van der Waals surface area contributed by atoms with E-state index in [1.807, 2.05) is 38.2 Å². The first-order valence-electron chi connectivity index (χ1n) is 6.68. The summed E-state index contributed by atoms with van der Waals surface area (Å²) in [6, 6.07) is 9.23. The number of rotatable bonds is 3. The van der Waals surface area contributed by atoms with E-state index in [1.54, 1.807) is 6.07 Å². The maximum Gasteiger partial charge on any atom is 0.137 e. The van der Waals surface area contributed by atoms with Crippen molar-refractivity contribution in [3.8, 4) is 0 Å². The zero-order valence-electron chi connectivity index (χ0n) is 11.8. The second kappa shape index (κ2) is 5.48. The average Bonchev–Trinajstić information content (AvgIpc) is 2.77. The van der Waals surface area contributed by atoms with E-state index >= 15 is 0 Å². The van der Waals surface area contributed by atoms with Crippen LogP contribution in [0, 0.1) is 19.7 Å². The number of pyridine rings is 1. The molecule has 21 heavy (non-hydrogen) atoms. The first-order valence-corrected chi connectivity index (χ1v) is 7.47. The van der Waals surface area contributed by atoms with Gasteiger partial charge in [-0.3, -0.25) is 0 Å². The molecule has 0 atom stereocenters. The fourth-order valence-electron chi connectivity index (χ4n) is 2.39. The van der Waals surface area contributed by atoms with Crippen LogP contribution in [-0.4, -0.2) is 9.38 Å². The smallest absolute Gasteiger partial charge is 0.137 e. The minimum absolute atomic E-state index is 0.246. The van der Waals surface area contributed by atoms with Crippen molar-refractivity contribution in [1.29, 1.82) is 0 Å². The molecule has 108 valence electrons. The molecule has 2 heterocycles. The predicted molar refractivity (Wildman–Crippen MR) is 86.1 cm³/mol. The van der Waals surface area contributed by atoms with Crippen LogP contribution in [0.5, 0.6) is 0 Å². The van der Waals surface area contributed by atoms with Crippen LogP contribution in [0.3, 0.4) is 0 Å². The monoisotopic (exact) mass is 347 g/mol. The van der Waals surface area contributed by atoms with Gasteiger partial charge in [-0.1, -0.05) is 6.07 Å². The van der Waals surface area contributed by atoms with E-state index in [-0.39, 0.29) is 5.82 Å². The lowest BCUT2D eigenvalue weighted by atomic mass is 10.2. The number of fused-ring (bicyclic) bond motifs is 1. The van der Waals surface area contributed by atoms with Gasteiger partial charge in [0.25, 0.3) is 0 Å². The molecule has 5 heteroatoms. The molecule has 0 spiro atoms. The molecular formula is C16H15BrFN3. The van der Waals surface area contributed by atoms with Crippen LogP contribution >= 0.6 is 15.9 Å². The standard InChI is InChI=1S/C16H15BrFN3/c1-10-7-13(18)12(17)8-14(10)19-9-15-11(2)20-16-5-3-4-6-21(15)16/h3-8,19H,9H2,1-2H3. The second-order valence-electron chi connectivity index (χ2n) is 5.01. The number of aryl methyl sites for hydroxylation is 2. The molecule has 2 aromatic heterocycles. The number of benzene rings is 1. The van der Waals surface area contributed by atoms with Gasteiger partial charge in [0.15, 0.2) is 0 Å². The Hall–Kier alpha value is -1.88. The van der Waals surface area contributed by atoms with Crippen molar-refractivity contribution in [1.82, 2.24) is 9.38 Å². The van der Waals surface area contributed by atoms with Crippen LogP contribution in [0.15, 0.2) is 41.0 Å². The summed E-state index contributed by atoms with van der Waals surface area (Å²) in [7, 11) is 0. The number of imidazole rings is 1. The molecule has 0 unspecified atom stereocenters. The molecule has 3 nitrogen and oxygen atoms in total. The predicted octanol–water partition coefficient (Wildman–Crippen LogP) is 4.46. The van der Waals surface area contributed by atoms with Gasteiger partial charge >= 0.3 is 0 Å². The number of nitrogens with one attached hydrogen (secondary N) is 1. The van der Waals surface area contributed by atoms with Crippen molar-refractivity contribution in [2.24, 2.45) is 0 Å². The van der Waals surface area contributed by atoms with E-state index in [2.05, 4.69) is 30.6 Å². The number of anilines is 1. The van der Waals surface area contributed by atoms with Crippen LogP contribution in [-0.2, 0) is 6.54 Å². The molecule has 0 aliphatic heterocycles. The van der Waals surface area contributed by atoms with Crippen molar-refractivity contribution >= 4 is 27.3 Å². The molecule has 3 aromatic rings. The van der Waals surface area contributed by atoms with Gasteiger partial charge in [-0.05, 0) is 59.6 Å². The topological polar surface area (TPSA) is 29.3 Å². The highest BCUT2D eigenvalue weighted by Gasteiger charge is 2.09. The van der Waals surface area contributed by atoms with Crippen LogP contribution in [0.2, 0.25) is 0 Å². The minimum atomic E-state index is -0.246. The Morgan fingerprint density at radius 3 is 2.90 bits per heavy atom. The molecule has 0 aliphatic rings. The molecule has 0 saturated heterocycles. The van der Waals surface area contributed by atoms with Crippen molar-refractivity contribution < 1.29 is 4.39 Å². The lowest BCUT2D eigenvalue weighted by Crippen LogP contribution is -2.05. The zero-order chi connectivity index (χ0) is 15.0. The maximum atomic E-state index is 13.5. The molecule has 0 radical (unpaired) electrons. The van der Waals surface area contributed by atoms with Gasteiger partial charge in [0.05, 0.1) is 22.4 Å². The molecule has 0 aliphatic carbocycles. The summed E-state index contributed by atoms with van der Waals surface area (Å²) >= 11 is 3.22. The average molecular weight is 348 g/mol. The van der Waals surface area contributed by atoms with Crippen LogP contribution in [0.1, 0.15) is 17.0 Å². The van der Waals surface area contributed by atoms with E-state index in [4.69, 9.17) is 0 Å². The minimum Gasteiger partial charge on any atom is -0.379 e. The number of hydrogen-bond donors (Lipinski definition) is 1. The fourth-order valence-corrected chi connectivity index (χ4v) is 2.74. The number of nitrogens with zero attached hydrogens (tertiary/aromatic N) is 2. The Bertz CT molecular complexity index is 811. The van der Waals surface area contributed by atoms with Gasteiger partial charge in [0.1, 0.15) is 11.5 Å². The Morgan fingerprint density at radius 1 is 1.29 bits per heavy atom. The van der Waals surface area contributed by atoms with Gasteiger partial charge in [-0.15, -0.1) is 0 Å². The molecule has 0 saturated carbocycles. The molecule has 0 fully saturated rings. The Balaban J connectivity index is 1.90. The summed E-state index contributed by atoms with van der Waals surface area (Å²) in [5.74, 6) is -0.246. The molecule has 0 amide bonds. The third kappa shape index (κ3) is 2.65.